The molecule has 0 heterocycles. The lowest BCUT2D eigenvalue weighted by molar-refractivity contribution is 0.0691. The predicted octanol–water partition coefficient (Wildman–Crippen LogP) is 3.07. The van der Waals surface area contributed by atoms with Gasteiger partial charge in [0.15, 0.2) is 0 Å². The van der Waals surface area contributed by atoms with Crippen LogP contribution in [0.25, 0.3) is 0 Å². The van der Waals surface area contributed by atoms with Gasteiger partial charge in [-0.05, 0) is 52.9 Å². The molecule has 0 radical (unpaired) electrons. The molecule has 0 amide bonds. The van der Waals surface area contributed by atoms with Crippen molar-refractivity contribution in [3.05, 3.63) is 57.2 Å². The summed E-state index contributed by atoms with van der Waals surface area (Å²) in [5.74, 6) is -4.08. The Balaban J connectivity index is 2.40. The van der Waals surface area contributed by atoms with Crippen LogP contribution in [0.4, 0.5) is 14.5 Å². The third-order valence-corrected chi connectivity index (χ3v) is 4.76. The van der Waals surface area contributed by atoms with E-state index in [1.165, 1.54) is 12.1 Å². The van der Waals surface area contributed by atoms with Crippen LogP contribution in [0.3, 0.4) is 0 Å². The summed E-state index contributed by atoms with van der Waals surface area (Å²) in [6, 6.07) is 6.61. The second-order valence-corrected chi connectivity index (χ2v) is 7.10. The van der Waals surface area contributed by atoms with Gasteiger partial charge in [-0.3, -0.25) is 4.72 Å². The van der Waals surface area contributed by atoms with E-state index in [4.69, 9.17) is 5.11 Å². The highest BCUT2D eigenvalue weighted by molar-refractivity contribution is 14.1. The van der Waals surface area contributed by atoms with Gasteiger partial charge in [0.05, 0.1) is 16.1 Å². The van der Waals surface area contributed by atoms with Crippen molar-refractivity contribution in [2.75, 3.05) is 4.72 Å². The van der Waals surface area contributed by atoms with Crippen LogP contribution in [0.2, 0.25) is 0 Å². The lowest BCUT2D eigenvalue weighted by atomic mass is 10.2. The quantitative estimate of drug-likeness (QED) is 0.718. The molecule has 2 N–H and O–H groups in total. The topological polar surface area (TPSA) is 83.5 Å². The zero-order chi connectivity index (χ0) is 16.5. The van der Waals surface area contributed by atoms with Crippen molar-refractivity contribution in [2.24, 2.45) is 0 Å². The fourth-order valence-corrected chi connectivity index (χ4v) is 3.02. The van der Waals surface area contributed by atoms with Crippen molar-refractivity contribution in [3.8, 4) is 0 Å². The van der Waals surface area contributed by atoms with Crippen molar-refractivity contribution >= 4 is 44.3 Å². The van der Waals surface area contributed by atoms with Crippen LogP contribution in [0.5, 0.6) is 0 Å². The van der Waals surface area contributed by atoms with E-state index in [0.29, 0.717) is 12.1 Å². The molecule has 2 rings (SSSR count). The van der Waals surface area contributed by atoms with Gasteiger partial charge in [-0.1, -0.05) is 0 Å². The maximum atomic E-state index is 13.7. The Morgan fingerprint density at radius 1 is 1.09 bits per heavy atom. The molecular formula is C13H8F2INO4S. The summed E-state index contributed by atoms with van der Waals surface area (Å²) in [5.41, 5.74) is -1.55. The molecule has 0 atom stereocenters. The molecule has 0 fully saturated rings. The minimum Gasteiger partial charge on any atom is -0.478 e. The van der Waals surface area contributed by atoms with Gasteiger partial charge >= 0.3 is 5.97 Å². The minimum absolute atomic E-state index is 0.130. The number of carboxylic acid groups (broad SMARTS) is 1. The lowest BCUT2D eigenvalue weighted by Crippen LogP contribution is -2.15. The van der Waals surface area contributed by atoms with E-state index in [1.807, 2.05) is 27.3 Å². The van der Waals surface area contributed by atoms with Crippen LogP contribution >= 0.6 is 22.6 Å². The molecular weight excluding hydrogens is 431 g/mol. The van der Waals surface area contributed by atoms with Gasteiger partial charge in [0.1, 0.15) is 11.6 Å². The maximum absolute atomic E-state index is 13.7. The molecule has 0 spiro atoms. The molecule has 116 valence electrons. The summed E-state index contributed by atoms with van der Waals surface area (Å²) in [5, 5.41) is 8.67. The first-order valence-electron chi connectivity index (χ1n) is 5.71. The zero-order valence-electron chi connectivity index (χ0n) is 10.7. The fraction of sp³-hybridized carbons (Fsp3) is 0. The molecule has 0 bridgehead atoms. The standard InChI is InChI=1S/C13H8F2INO4S/c14-10-6-12(11(15)5-9(10)13(18)19)17-22(20,21)8-3-1-7(16)2-4-8/h1-6,17H,(H,18,19). The van der Waals surface area contributed by atoms with Crippen LogP contribution in [0, 0.1) is 15.2 Å². The number of anilines is 1. The van der Waals surface area contributed by atoms with E-state index in [9.17, 15) is 22.0 Å². The number of benzene rings is 2. The van der Waals surface area contributed by atoms with Crippen LogP contribution < -0.4 is 4.72 Å². The molecule has 0 aliphatic carbocycles. The van der Waals surface area contributed by atoms with Crippen molar-refractivity contribution in [1.82, 2.24) is 0 Å². The first kappa shape index (κ1) is 16.6. The molecule has 0 aliphatic heterocycles. The van der Waals surface area contributed by atoms with Crippen molar-refractivity contribution in [3.63, 3.8) is 0 Å². The number of halogens is 3. The van der Waals surface area contributed by atoms with E-state index in [2.05, 4.69) is 0 Å². The number of aromatic carboxylic acids is 1. The highest BCUT2D eigenvalue weighted by Crippen LogP contribution is 2.23. The largest absolute Gasteiger partial charge is 0.478 e. The normalized spacial score (nSPS) is 11.2. The Labute approximate surface area is 138 Å². The van der Waals surface area contributed by atoms with Gasteiger partial charge in [0.25, 0.3) is 10.0 Å². The molecule has 22 heavy (non-hydrogen) atoms. The molecule has 0 aromatic heterocycles. The van der Waals surface area contributed by atoms with E-state index in [0.717, 1.165) is 3.57 Å². The molecule has 0 aliphatic rings. The van der Waals surface area contributed by atoms with Crippen molar-refractivity contribution in [1.29, 1.82) is 0 Å². The number of rotatable bonds is 4. The number of hydrogen-bond acceptors (Lipinski definition) is 3. The molecule has 0 unspecified atom stereocenters. The van der Waals surface area contributed by atoms with Crippen molar-refractivity contribution < 1.29 is 27.1 Å². The summed E-state index contributed by atoms with van der Waals surface area (Å²) in [6.45, 7) is 0. The Kier molecular flexibility index (Phi) is 4.66. The number of sulfonamides is 1. The zero-order valence-corrected chi connectivity index (χ0v) is 13.7. The second kappa shape index (κ2) is 6.16. The Bertz CT molecular complexity index is 838. The maximum Gasteiger partial charge on any atom is 0.338 e. The van der Waals surface area contributed by atoms with Crippen LogP contribution in [0.15, 0.2) is 41.3 Å². The van der Waals surface area contributed by atoms with Gasteiger partial charge in [0, 0.05) is 9.64 Å². The number of carbonyl (C=O) groups is 1. The van der Waals surface area contributed by atoms with E-state index < -0.39 is 38.9 Å². The predicted molar refractivity (Wildman–Crippen MR) is 83.3 cm³/mol. The highest BCUT2D eigenvalue weighted by Gasteiger charge is 2.20. The summed E-state index contributed by atoms with van der Waals surface area (Å²) in [6.07, 6.45) is 0. The minimum atomic E-state index is -4.11. The van der Waals surface area contributed by atoms with Gasteiger partial charge in [0.2, 0.25) is 0 Å². The summed E-state index contributed by atoms with van der Waals surface area (Å²) < 4.78 is 54.1. The number of carboxylic acids is 1. The third kappa shape index (κ3) is 3.53. The average Bonchev–Trinajstić information content (AvgIpc) is 2.42. The summed E-state index contributed by atoms with van der Waals surface area (Å²) >= 11 is 1.99. The molecule has 5 nitrogen and oxygen atoms in total. The lowest BCUT2D eigenvalue weighted by Gasteiger charge is -2.10. The van der Waals surface area contributed by atoms with Gasteiger partial charge in [-0.25, -0.2) is 22.0 Å². The monoisotopic (exact) mass is 439 g/mol. The number of hydrogen-bond donors (Lipinski definition) is 2. The average molecular weight is 439 g/mol. The fourth-order valence-electron chi connectivity index (χ4n) is 1.61. The Morgan fingerprint density at radius 2 is 1.68 bits per heavy atom. The van der Waals surface area contributed by atoms with E-state index >= 15 is 0 Å². The van der Waals surface area contributed by atoms with E-state index in [-0.39, 0.29) is 4.90 Å². The van der Waals surface area contributed by atoms with Crippen LogP contribution in [-0.4, -0.2) is 19.5 Å². The molecule has 2 aromatic rings. The van der Waals surface area contributed by atoms with E-state index in [1.54, 1.807) is 12.1 Å². The summed E-state index contributed by atoms with van der Waals surface area (Å²) in [7, 11) is -4.11. The first-order valence-corrected chi connectivity index (χ1v) is 8.27. The summed E-state index contributed by atoms with van der Waals surface area (Å²) in [4.78, 5) is 10.5. The third-order valence-electron chi connectivity index (χ3n) is 2.66. The SMILES string of the molecule is O=C(O)c1cc(F)c(NS(=O)(=O)c2ccc(I)cc2)cc1F. The first-order chi connectivity index (χ1) is 10.2. The second-order valence-electron chi connectivity index (χ2n) is 4.18. The van der Waals surface area contributed by atoms with Gasteiger partial charge < -0.3 is 5.11 Å². The molecule has 0 saturated heterocycles. The van der Waals surface area contributed by atoms with Crippen LogP contribution in [0.1, 0.15) is 10.4 Å². The molecule has 9 heteroatoms. The van der Waals surface area contributed by atoms with Gasteiger partial charge in [-0.15, -0.1) is 0 Å². The number of nitrogens with one attached hydrogen (secondary N) is 1. The Morgan fingerprint density at radius 3 is 2.23 bits per heavy atom. The molecule has 2 aromatic carbocycles. The van der Waals surface area contributed by atoms with Crippen LogP contribution in [-0.2, 0) is 10.0 Å². The van der Waals surface area contributed by atoms with Gasteiger partial charge in [-0.2, -0.15) is 0 Å². The smallest absolute Gasteiger partial charge is 0.338 e. The Hall–Kier alpha value is -1.75. The molecule has 0 saturated carbocycles. The highest BCUT2D eigenvalue weighted by atomic mass is 127. The van der Waals surface area contributed by atoms with Crippen molar-refractivity contribution in [2.45, 2.75) is 4.90 Å².